The molecule has 1 N–H and O–H groups in total. The molecule has 0 saturated carbocycles. The molecule has 2 unspecified atom stereocenters. The van der Waals surface area contributed by atoms with Crippen molar-refractivity contribution < 1.29 is 19.4 Å². The molecule has 84 valence electrons. The third kappa shape index (κ3) is 2.81. The molecule has 4 nitrogen and oxygen atoms in total. The molecule has 0 aliphatic heterocycles. The molecule has 0 bridgehead atoms. The van der Waals surface area contributed by atoms with Gasteiger partial charge < -0.3 is 9.84 Å². The largest absolute Gasteiger partial charge is 0.495 e. The molecule has 0 fully saturated rings. The molecule has 0 aromatic heterocycles. The number of carboxylic acids is 1. The maximum Gasteiger partial charge on any atom is 0.314 e. The zero-order chi connectivity index (χ0) is 11.6. The summed E-state index contributed by atoms with van der Waals surface area (Å²) in [4.78, 5) is 22.3. The third-order valence-electron chi connectivity index (χ3n) is 2.36. The van der Waals surface area contributed by atoms with Crippen LogP contribution in [0.5, 0.6) is 0 Å². The molecule has 15 heavy (non-hydrogen) atoms. The van der Waals surface area contributed by atoms with Crippen molar-refractivity contribution >= 4 is 11.8 Å². The van der Waals surface area contributed by atoms with E-state index in [1.807, 2.05) is 13.8 Å². The molecule has 0 saturated heterocycles. The van der Waals surface area contributed by atoms with E-state index in [2.05, 4.69) is 0 Å². The van der Waals surface area contributed by atoms with Gasteiger partial charge in [0.2, 0.25) is 0 Å². The number of carbonyl (C=O) groups excluding carboxylic acids is 1. The molecule has 2 atom stereocenters. The van der Waals surface area contributed by atoms with E-state index in [0.29, 0.717) is 12.2 Å². The number of carboxylic acid groups (broad SMARTS) is 1. The van der Waals surface area contributed by atoms with Gasteiger partial charge in [-0.3, -0.25) is 9.59 Å². The van der Waals surface area contributed by atoms with Crippen molar-refractivity contribution in [2.75, 3.05) is 0 Å². The van der Waals surface area contributed by atoms with Crippen LogP contribution < -0.4 is 0 Å². The molecule has 1 aliphatic carbocycles. The molecule has 0 heterocycles. The summed E-state index contributed by atoms with van der Waals surface area (Å²) in [5.74, 6) is -1.93. The summed E-state index contributed by atoms with van der Waals surface area (Å²) in [6.45, 7) is 5.51. The Morgan fingerprint density at radius 1 is 1.60 bits per heavy atom. The van der Waals surface area contributed by atoms with Gasteiger partial charge in [0, 0.05) is 12.5 Å². The lowest BCUT2D eigenvalue weighted by Gasteiger charge is -2.25. The van der Waals surface area contributed by atoms with Gasteiger partial charge in [-0.05, 0) is 19.8 Å². The summed E-state index contributed by atoms with van der Waals surface area (Å²) >= 11 is 0. The van der Waals surface area contributed by atoms with Crippen molar-refractivity contribution in [3.8, 4) is 0 Å². The first kappa shape index (κ1) is 11.8. The summed E-state index contributed by atoms with van der Waals surface area (Å²) in [6.07, 6.45) is 1.84. The van der Waals surface area contributed by atoms with Gasteiger partial charge >= 0.3 is 5.97 Å². The van der Waals surface area contributed by atoms with E-state index >= 15 is 0 Å². The normalized spacial score (nSPS) is 26.4. The minimum atomic E-state index is -1.05. The average Bonchev–Trinajstić information content (AvgIpc) is 1.99. The standard InChI is InChI=1S/C11H16O4/c1-6(2)15-8-4-7(3)10(11(13)14)9(12)5-8/h5-7,10H,4H2,1-3H3,(H,13,14). The molecular weight excluding hydrogens is 196 g/mol. The van der Waals surface area contributed by atoms with Crippen LogP contribution in [0.1, 0.15) is 27.2 Å². The van der Waals surface area contributed by atoms with Crippen LogP contribution in [0.15, 0.2) is 11.8 Å². The highest BCUT2D eigenvalue weighted by atomic mass is 16.5. The van der Waals surface area contributed by atoms with Gasteiger partial charge in [-0.1, -0.05) is 6.92 Å². The van der Waals surface area contributed by atoms with Crippen molar-refractivity contribution in [1.82, 2.24) is 0 Å². The number of carbonyl (C=O) groups is 2. The van der Waals surface area contributed by atoms with Gasteiger partial charge in [-0.2, -0.15) is 0 Å². The Balaban J connectivity index is 2.80. The first-order chi connectivity index (χ1) is 6.91. The lowest BCUT2D eigenvalue weighted by molar-refractivity contribution is -0.147. The molecule has 0 aromatic carbocycles. The second-order valence-corrected chi connectivity index (χ2v) is 4.18. The molecular formula is C11H16O4. The number of hydrogen-bond acceptors (Lipinski definition) is 3. The molecule has 0 amide bonds. The summed E-state index contributed by atoms with van der Waals surface area (Å²) in [5.41, 5.74) is 0. The fourth-order valence-electron chi connectivity index (χ4n) is 1.77. The summed E-state index contributed by atoms with van der Waals surface area (Å²) in [5, 5.41) is 8.86. The van der Waals surface area contributed by atoms with E-state index in [9.17, 15) is 9.59 Å². The Morgan fingerprint density at radius 3 is 2.60 bits per heavy atom. The lowest BCUT2D eigenvalue weighted by Crippen LogP contribution is -2.33. The van der Waals surface area contributed by atoms with Gasteiger partial charge in [0.15, 0.2) is 5.78 Å². The summed E-state index contributed by atoms with van der Waals surface area (Å²) < 4.78 is 5.41. The van der Waals surface area contributed by atoms with Crippen molar-refractivity contribution in [1.29, 1.82) is 0 Å². The highest BCUT2D eigenvalue weighted by Gasteiger charge is 2.35. The van der Waals surface area contributed by atoms with E-state index in [0.717, 1.165) is 0 Å². The SMILES string of the molecule is CC(C)OC1=CC(=O)C(C(=O)O)C(C)C1. The number of aliphatic carboxylic acids is 1. The lowest BCUT2D eigenvalue weighted by atomic mass is 9.82. The van der Waals surface area contributed by atoms with Gasteiger partial charge in [-0.25, -0.2) is 0 Å². The van der Waals surface area contributed by atoms with Gasteiger partial charge in [-0.15, -0.1) is 0 Å². The van der Waals surface area contributed by atoms with Crippen LogP contribution in [0.25, 0.3) is 0 Å². The van der Waals surface area contributed by atoms with Gasteiger partial charge in [0.1, 0.15) is 11.7 Å². The Labute approximate surface area is 88.9 Å². The Kier molecular flexibility index (Phi) is 3.50. The fourth-order valence-corrected chi connectivity index (χ4v) is 1.77. The Bertz CT molecular complexity index is 304. The third-order valence-corrected chi connectivity index (χ3v) is 2.36. The minimum Gasteiger partial charge on any atom is -0.495 e. The second-order valence-electron chi connectivity index (χ2n) is 4.18. The van der Waals surface area contributed by atoms with E-state index in [-0.39, 0.29) is 17.8 Å². The second kappa shape index (κ2) is 4.47. The zero-order valence-corrected chi connectivity index (χ0v) is 9.19. The fraction of sp³-hybridized carbons (Fsp3) is 0.636. The molecule has 1 aliphatic rings. The van der Waals surface area contributed by atoms with Crippen molar-refractivity contribution in [3.05, 3.63) is 11.8 Å². The Morgan fingerprint density at radius 2 is 2.20 bits per heavy atom. The first-order valence-corrected chi connectivity index (χ1v) is 5.05. The number of ether oxygens (including phenoxy) is 1. The number of allylic oxidation sites excluding steroid dienone is 2. The van der Waals surface area contributed by atoms with Crippen LogP contribution in [0, 0.1) is 11.8 Å². The van der Waals surface area contributed by atoms with Gasteiger partial charge in [0.25, 0.3) is 0 Å². The van der Waals surface area contributed by atoms with Crippen LogP contribution in [0.4, 0.5) is 0 Å². The molecule has 0 spiro atoms. The van der Waals surface area contributed by atoms with Crippen LogP contribution in [0.2, 0.25) is 0 Å². The smallest absolute Gasteiger partial charge is 0.314 e. The van der Waals surface area contributed by atoms with Crippen LogP contribution >= 0.6 is 0 Å². The van der Waals surface area contributed by atoms with E-state index in [1.165, 1.54) is 6.08 Å². The highest BCUT2D eigenvalue weighted by molar-refractivity contribution is 6.05. The molecule has 4 heteroatoms. The summed E-state index contributed by atoms with van der Waals surface area (Å²) in [6, 6.07) is 0. The number of rotatable bonds is 3. The maximum absolute atomic E-state index is 11.5. The first-order valence-electron chi connectivity index (χ1n) is 5.05. The van der Waals surface area contributed by atoms with E-state index in [4.69, 9.17) is 9.84 Å². The highest BCUT2D eigenvalue weighted by Crippen LogP contribution is 2.28. The monoisotopic (exact) mass is 212 g/mol. The van der Waals surface area contributed by atoms with Crippen molar-refractivity contribution in [3.63, 3.8) is 0 Å². The van der Waals surface area contributed by atoms with Crippen molar-refractivity contribution in [2.45, 2.75) is 33.3 Å². The Hall–Kier alpha value is -1.32. The predicted octanol–water partition coefficient (Wildman–Crippen LogP) is 1.60. The predicted molar refractivity (Wildman–Crippen MR) is 54.2 cm³/mol. The van der Waals surface area contributed by atoms with E-state index in [1.54, 1.807) is 6.92 Å². The molecule has 0 aromatic rings. The minimum absolute atomic E-state index is 0.0117. The van der Waals surface area contributed by atoms with Crippen LogP contribution in [-0.4, -0.2) is 23.0 Å². The van der Waals surface area contributed by atoms with Crippen molar-refractivity contribution in [2.24, 2.45) is 11.8 Å². The van der Waals surface area contributed by atoms with E-state index < -0.39 is 11.9 Å². The number of ketones is 1. The average molecular weight is 212 g/mol. The molecule has 1 rings (SSSR count). The zero-order valence-electron chi connectivity index (χ0n) is 9.19. The maximum atomic E-state index is 11.5. The summed E-state index contributed by atoms with van der Waals surface area (Å²) in [7, 11) is 0. The number of hydrogen-bond donors (Lipinski definition) is 1. The van der Waals surface area contributed by atoms with Crippen LogP contribution in [0.3, 0.4) is 0 Å². The van der Waals surface area contributed by atoms with Gasteiger partial charge in [0.05, 0.1) is 6.10 Å². The topological polar surface area (TPSA) is 63.6 Å². The molecule has 0 radical (unpaired) electrons. The van der Waals surface area contributed by atoms with Crippen LogP contribution in [-0.2, 0) is 14.3 Å². The quantitative estimate of drug-likeness (QED) is 0.722.